The smallest absolute Gasteiger partial charge is 0.358 e. The number of aryl methyl sites for hydroxylation is 2. The van der Waals surface area contributed by atoms with Crippen molar-refractivity contribution in [3.05, 3.63) is 71.5 Å². The molecule has 0 aliphatic heterocycles. The molecule has 0 saturated heterocycles. The van der Waals surface area contributed by atoms with Crippen LogP contribution in [0.1, 0.15) is 26.5 Å². The van der Waals surface area contributed by atoms with Gasteiger partial charge in [-0.2, -0.15) is 5.10 Å². The van der Waals surface area contributed by atoms with E-state index in [0.717, 1.165) is 11.1 Å². The number of aromatic nitrogens is 2. The lowest BCUT2D eigenvalue weighted by molar-refractivity contribution is 0.0589. The van der Waals surface area contributed by atoms with Crippen LogP contribution in [0.15, 0.2) is 54.6 Å². The number of hydrogen-bond acceptors (Lipinski definition) is 4. The summed E-state index contributed by atoms with van der Waals surface area (Å²) >= 11 is 0. The number of nitrogens with zero attached hydrogens (tertiary/aromatic N) is 2. The molecule has 1 N–H and O–H groups in total. The lowest BCUT2D eigenvalue weighted by Gasteiger charge is -2.08. The van der Waals surface area contributed by atoms with Crippen molar-refractivity contribution in [1.82, 2.24) is 9.78 Å². The third-order valence-electron chi connectivity index (χ3n) is 4.09. The van der Waals surface area contributed by atoms with Gasteiger partial charge in [0.15, 0.2) is 5.69 Å². The molecule has 0 aliphatic rings. The number of methoxy groups -OCH3 is 1. The van der Waals surface area contributed by atoms with Crippen molar-refractivity contribution in [2.75, 3.05) is 12.4 Å². The first kappa shape index (κ1) is 17.4. The summed E-state index contributed by atoms with van der Waals surface area (Å²) < 4.78 is 6.17. The van der Waals surface area contributed by atoms with Gasteiger partial charge in [0.2, 0.25) is 0 Å². The van der Waals surface area contributed by atoms with Crippen LogP contribution in [0.4, 0.5) is 5.69 Å². The minimum absolute atomic E-state index is 0.208. The molecular formula is C20H19N3O3. The Kier molecular flexibility index (Phi) is 4.84. The molecule has 0 radical (unpaired) electrons. The first-order valence-electron chi connectivity index (χ1n) is 8.10. The van der Waals surface area contributed by atoms with Gasteiger partial charge in [-0.3, -0.25) is 9.48 Å². The van der Waals surface area contributed by atoms with Gasteiger partial charge >= 0.3 is 5.97 Å². The Hall–Kier alpha value is -3.41. The molecule has 0 fully saturated rings. The summed E-state index contributed by atoms with van der Waals surface area (Å²) in [6.45, 7) is 1.72. The van der Waals surface area contributed by atoms with E-state index in [1.807, 2.05) is 42.5 Å². The summed E-state index contributed by atoms with van der Waals surface area (Å²) in [5, 5.41) is 6.95. The van der Waals surface area contributed by atoms with Crippen molar-refractivity contribution in [2.24, 2.45) is 7.05 Å². The van der Waals surface area contributed by atoms with Crippen LogP contribution < -0.4 is 5.32 Å². The number of anilines is 1. The van der Waals surface area contributed by atoms with Crippen molar-refractivity contribution in [1.29, 1.82) is 0 Å². The van der Waals surface area contributed by atoms with E-state index in [2.05, 4.69) is 10.4 Å². The predicted molar refractivity (Wildman–Crippen MR) is 99.1 cm³/mol. The van der Waals surface area contributed by atoms with Crippen molar-refractivity contribution in [2.45, 2.75) is 6.92 Å². The monoisotopic (exact) mass is 349 g/mol. The number of amides is 1. The summed E-state index contributed by atoms with van der Waals surface area (Å²) in [4.78, 5) is 24.5. The highest BCUT2D eigenvalue weighted by molar-refractivity contribution is 6.08. The minimum Gasteiger partial charge on any atom is -0.464 e. The van der Waals surface area contributed by atoms with Crippen LogP contribution >= 0.6 is 0 Å². The Bertz CT molecular complexity index is 944. The molecule has 132 valence electrons. The number of ether oxygens (including phenoxy) is 1. The molecule has 6 heteroatoms. The van der Waals surface area contributed by atoms with Gasteiger partial charge in [0.1, 0.15) is 0 Å². The van der Waals surface area contributed by atoms with E-state index >= 15 is 0 Å². The van der Waals surface area contributed by atoms with Gasteiger partial charge in [-0.25, -0.2) is 4.79 Å². The highest BCUT2D eigenvalue weighted by atomic mass is 16.5. The molecule has 0 unspecified atom stereocenters. The number of carbonyl (C=O) groups is 2. The zero-order valence-electron chi connectivity index (χ0n) is 14.8. The van der Waals surface area contributed by atoms with E-state index in [0.29, 0.717) is 16.9 Å². The van der Waals surface area contributed by atoms with Crippen LogP contribution in [0, 0.1) is 6.92 Å². The Labute approximate surface area is 151 Å². The molecule has 6 nitrogen and oxygen atoms in total. The van der Waals surface area contributed by atoms with Gasteiger partial charge < -0.3 is 10.1 Å². The van der Waals surface area contributed by atoms with Gasteiger partial charge in [0, 0.05) is 12.6 Å². The van der Waals surface area contributed by atoms with Crippen LogP contribution in [0.25, 0.3) is 11.1 Å². The summed E-state index contributed by atoms with van der Waals surface area (Å²) in [7, 11) is 2.92. The molecule has 2 aromatic carbocycles. The van der Waals surface area contributed by atoms with Crippen LogP contribution in [0.2, 0.25) is 0 Å². The quantitative estimate of drug-likeness (QED) is 0.732. The van der Waals surface area contributed by atoms with E-state index in [1.165, 1.54) is 11.8 Å². The SMILES string of the molecule is COC(=O)c1c(NC(=O)c2ccc(-c3ccccc3)cc2)c(C)nn1C. The fraction of sp³-hybridized carbons (Fsp3) is 0.150. The molecule has 1 aromatic heterocycles. The highest BCUT2D eigenvalue weighted by Crippen LogP contribution is 2.23. The Morgan fingerprint density at radius 2 is 1.62 bits per heavy atom. The second kappa shape index (κ2) is 7.23. The summed E-state index contributed by atoms with van der Waals surface area (Å²) in [6, 6.07) is 17.2. The van der Waals surface area contributed by atoms with Crippen LogP contribution in [0.5, 0.6) is 0 Å². The maximum Gasteiger partial charge on any atom is 0.358 e. The van der Waals surface area contributed by atoms with E-state index in [1.54, 1.807) is 26.1 Å². The first-order valence-corrected chi connectivity index (χ1v) is 8.10. The second-order valence-electron chi connectivity index (χ2n) is 5.82. The topological polar surface area (TPSA) is 73.2 Å². The second-order valence-corrected chi connectivity index (χ2v) is 5.82. The lowest BCUT2D eigenvalue weighted by atomic mass is 10.0. The number of carbonyl (C=O) groups excluding carboxylic acids is 2. The zero-order valence-corrected chi connectivity index (χ0v) is 14.8. The molecule has 0 spiro atoms. The molecule has 26 heavy (non-hydrogen) atoms. The molecule has 0 atom stereocenters. The number of rotatable bonds is 4. The van der Waals surface area contributed by atoms with Crippen LogP contribution in [-0.4, -0.2) is 28.8 Å². The Morgan fingerprint density at radius 1 is 1.00 bits per heavy atom. The minimum atomic E-state index is -0.553. The van der Waals surface area contributed by atoms with Crippen molar-refractivity contribution < 1.29 is 14.3 Å². The summed E-state index contributed by atoms with van der Waals surface area (Å²) in [5.41, 5.74) is 3.70. The van der Waals surface area contributed by atoms with Gasteiger partial charge in [0.05, 0.1) is 18.5 Å². The van der Waals surface area contributed by atoms with Crippen molar-refractivity contribution >= 4 is 17.6 Å². The number of hydrogen-bond donors (Lipinski definition) is 1. The number of benzene rings is 2. The average molecular weight is 349 g/mol. The molecule has 0 aliphatic carbocycles. The highest BCUT2D eigenvalue weighted by Gasteiger charge is 2.22. The molecule has 0 saturated carbocycles. The molecule has 0 bridgehead atoms. The van der Waals surface area contributed by atoms with Crippen LogP contribution in [-0.2, 0) is 11.8 Å². The largest absolute Gasteiger partial charge is 0.464 e. The van der Waals surface area contributed by atoms with Crippen molar-refractivity contribution in [3.8, 4) is 11.1 Å². The van der Waals surface area contributed by atoms with Gasteiger partial charge in [-0.15, -0.1) is 0 Å². The third-order valence-corrected chi connectivity index (χ3v) is 4.09. The zero-order chi connectivity index (χ0) is 18.7. The van der Waals surface area contributed by atoms with E-state index < -0.39 is 5.97 Å². The van der Waals surface area contributed by atoms with E-state index in [-0.39, 0.29) is 11.6 Å². The van der Waals surface area contributed by atoms with Crippen molar-refractivity contribution in [3.63, 3.8) is 0 Å². The van der Waals surface area contributed by atoms with Gasteiger partial charge in [-0.1, -0.05) is 42.5 Å². The maximum atomic E-state index is 12.6. The predicted octanol–water partition coefficient (Wildman–Crippen LogP) is 3.43. The fourth-order valence-corrected chi connectivity index (χ4v) is 2.77. The molecule has 1 heterocycles. The fourth-order valence-electron chi connectivity index (χ4n) is 2.77. The Morgan fingerprint density at radius 3 is 2.23 bits per heavy atom. The van der Waals surface area contributed by atoms with E-state index in [4.69, 9.17) is 4.74 Å². The maximum absolute atomic E-state index is 12.6. The molecular weight excluding hydrogens is 330 g/mol. The average Bonchev–Trinajstić information content (AvgIpc) is 2.95. The number of esters is 1. The molecule has 3 rings (SSSR count). The third kappa shape index (κ3) is 3.35. The van der Waals surface area contributed by atoms with Crippen LogP contribution in [0.3, 0.4) is 0 Å². The normalized spacial score (nSPS) is 10.4. The molecule has 1 amide bonds. The molecule has 3 aromatic rings. The Balaban J connectivity index is 1.84. The summed E-state index contributed by atoms with van der Waals surface area (Å²) in [6.07, 6.45) is 0. The summed E-state index contributed by atoms with van der Waals surface area (Å²) in [5.74, 6) is -0.867. The number of nitrogens with one attached hydrogen (secondary N) is 1. The van der Waals surface area contributed by atoms with Gasteiger partial charge in [-0.05, 0) is 30.2 Å². The standard InChI is InChI=1S/C20H19N3O3/c1-13-17(18(20(25)26-3)23(2)22-13)21-19(24)16-11-9-15(10-12-16)14-7-5-4-6-8-14/h4-12H,1-3H3,(H,21,24). The van der Waals surface area contributed by atoms with Gasteiger partial charge in [0.25, 0.3) is 5.91 Å². The first-order chi connectivity index (χ1) is 12.5. The van der Waals surface area contributed by atoms with E-state index in [9.17, 15) is 9.59 Å². The lowest BCUT2D eigenvalue weighted by Crippen LogP contribution is -2.16.